The molecule has 1 unspecified atom stereocenters. The van der Waals surface area contributed by atoms with Crippen molar-refractivity contribution in [2.24, 2.45) is 17.3 Å². The third-order valence-corrected chi connectivity index (χ3v) is 7.14. The second kappa shape index (κ2) is 11.1. The van der Waals surface area contributed by atoms with E-state index in [-0.39, 0.29) is 11.9 Å². The Labute approximate surface area is 194 Å². The molecule has 1 aromatic rings. The number of carbonyl (C=O) groups is 1. The van der Waals surface area contributed by atoms with Crippen LogP contribution < -0.4 is 4.74 Å². The Morgan fingerprint density at radius 1 is 1.23 bits per heavy atom. The largest absolute Gasteiger partial charge is 0.497 e. The van der Waals surface area contributed by atoms with Gasteiger partial charge in [-0.2, -0.15) is 0 Å². The van der Waals surface area contributed by atoms with Gasteiger partial charge in [-0.1, -0.05) is 28.1 Å². The van der Waals surface area contributed by atoms with Crippen LogP contribution in [0.4, 0.5) is 0 Å². The molecule has 6 nitrogen and oxygen atoms in total. The molecule has 174 valence electrons. The molecule has 2 fully saturated rings. The van der Waals surface area contributed by atoms with E-state index in [2.05, 4.69) is 15.9 Å². The lowest BCUT2D eigenvalue weighted by Gasteiger charge is -2.43. The zero-order valence-electron chi connectivity index (χ0n) is 18.9. The number of hydrogen-bond donors (Lipinski definition) is 0. The van der Waals surface area contributed by atoms with Gasteiger partial charge in [-0.25, -0.2) is 0 Å². The van der Waals surface area contributed by atoms with Crippen molar-refractivity contribution in [3.63, 3.8) is 0 Å². The summed E-state index contributed by atoms with van der Waals surface area (Å²) in [7, 11) is 1.66. The predicted octanol–water partition coefficient (Wildman–Crippen LogP) is 4.73. The van der Waals surface area contributed by atoms with Crippen LogP contribution >= 0.6 is 15.9 Å². The van der Waals surface area contributed by atoms with Crippen LogP contribution in [0.3, 0.4) is 0 Å². The molecule has 0 amide bonds. The van der Waals surface area contributed by atoms with E-state index in [9.17, 15) is 4.79 Å². The molecule has 0 spiro atoms. The minimum absolute atomic E-state index is 0.0660. The Kier molecular flexibility index (Phi) is 8.79. The Morgan fingerprint density at radius 2 is 1.94 bits per heavy atom. The highest BCUT2D eigenvalue weighted by Crippen LogP contribution is 2.56. The van der Waals surface area contributed by atoms with Gasteiger partial charge >= 0.3 is 5.97 Å². The number of rotatable bonds is 11. The molecule has 1 aliphatic heterocycles. The van der Waals surface area contributed by atoms with E-state index < -0.39 is 11.2 Å². The Bertz CT molecular complexity index is 703. The van der Waals surface area contributed by atoms with Gasteiger partial charge in [-0.05, 0) is 56.7 Å². The molecule has 1 aromatic carbocycles. The molecule has 3 rings (SSSR count). The van der Waals surface area contributed by atoms with E-state index in [1.165, 1.54) is 0 Å². The van der Waals surface area contributed by atoms with E-state index in [1.54, 1.807) is 7.11 Å². The summed E-state index contributed by atoms with van der Waals surface area (Å²) in [5.41, 5.74) is 0.459. The van der Waals surface area contributed by atoms with Crippen LogP contribution in [-0.4, -0.2) is 50.6 Å². The second-order valence-electron chi connectivity index (χ2n) is 8.55. The monoisotopic (exact) mass is 498 g/mol. The van der Waals surface area contributed by atoms with Gasteiger partial charge in [0.1, 0.15) is 5.75 Å². The highest BCUT2D eigenvalue weighted by atomic mass is 79.9. The number of methoxy groups -OCH3 is 1. The van der Waals surface area contributed by atoms with E-state index in [0.29, 0.717) is 45.4 Å². The number of benzene rings is 1. The summed E-state index contributed by atoms with van der Waals surface area (Å²) in [6, 6.07) is 7.85. The second-order valence-corrected chi connectivity index (χ2v) is 9.34. The minimum Gasteiger partial charge on any atom is -0.497 e. The summed E-state index contributed by atoms with van der Waals surface area (Å²) >= 11 is 3.59. The third-order valence-electron chi connectivity index (χ3n) is 6.69. The molecule has 2 aliphatic rings. The van der Waals surface area contributed by atoms with E-state index >= 15 is 0 Å². The van der Waals surface area contributed by atoms with E-state index in [0.717, 1.165) is 35.9 Å². The van der Waals surface area contributed by atoms with E-state index in [1.807, 2.05) is 38.1 Å². The minimum atomic E-state index is -0.815. The summed E-state index contributed by atoms with van der Waals surface area (Å²) in [6.07, 6.45) is 3.31. The molecule has 1 aliphatic carbocycles. The molecule has 0 bridgehead atoms. The lowest BCUT2D eigenvalue weighted by atomic mass is 9.70. The van der Waals surface area contributed by atoms with Gasteiger partial charge < -0.3 is 23.7 Å². The Balaban J connectivity index is 1.71. The molecule has 0 radical (unpaired) electrons. The van der Waals surface area contributed by atoms with Crippen molar-refractivity contribution in [3.8, 4) is 5.75 Å². The van der Waals surface area contributed by atoms with Gasteiger partial charge in [0.25, 0.3) is 0 Å². The molecule has 0 aromatic heterocycles. The molecular weight excluding hydrogens is 464 g/mol. The summed E-state index contributed by atoms with van der Waals surface area (Å²) in [5, 5.41) is 0.886. The van der Waals surface area contributed by atoms with Crippen LogP contribution in [0.15, 0.2) is 24.3 Å². The average molecular weight is 499 g/mol. The van der Waals surface area contributed by atoms with Gasteiger partial charge in [-0.15, -0.1) is 0 Å². The van der Waals surface area contributed by atoms with Crippen LogP contribution in [0.5, 0.6) is 5.75 Å². The quantitative estimate of drug-likeness (QED) is 0.249. The maximum Gasteiger partial charge on any atom is 0.312 e. The molecule has 1 saturated heterocycles. The Hall–Kier alpha value is -1.15. The fourth-order valence-corrected chi connectivity index (χ4v) is 5.81. The average Bonchev–Trinajstić information content (AvgIpc) is 3.38. The topological polar surface area (TPSA) is 63.2 Å². The summed E-state index contributed by atoms with van der Waals surface area (Å²) in [6.45, 7) is 6.32. The predicted molar refractivity (Wildman–Crippen MR) is 121 cm³/mol. The van der Waals surface area contributed by atoms with Gasteiger partial charge in [0.2, 0.25) is 0 Å². The van der Waals surface area contributed by atoms with Crippen LogP contribution in [0, 0.1) is 17.3 Å². The fourth-order valence-electron chi connectivity index (χ4n) is 5.22. The van der Waals surface area contributed by atoms with Crippen molar-refractivity contribution in [2.45, 2.75) is 51.9 Å². The van der Waals surface area contributed by atoms with Crippen molar-refractivity contribution < 1.29 is 28.5 Å². The third kappa shape index (κ3) is 5.44. The molecular formula is C24H35BrO6. The van der Waals surface area contributed by atoms with Crippen LogP contribution in [0.1, 0.15) is 45.1 Å². The first-order valence-electron chi connectivity index (χ1n) is 11.2. The molecule has 31 heavy (non-hydrogen) atoms. The van der Waals surface area contributed by atoms with Gasteiger partial charge in [0, 0.05) is 17.7 Å². The van der Waals surface area contributed by atoms with Gasteiger partial charge in [0.05, 0.1) is 45.6 Å². The van der Waals surface area contributed by atoms with E-state index in [4.69, 9.17) is 23.7 Å². The highest BCUT2D eigenvalue weighted by molar-refractivity contribution is 9.09. The number of esters is 1. The normalized spacial score (nSPS) is 27.4. The highest BCUT2D eigenvalue weighted by Gasteiger charge is 2.61. The van der Waals surface area contributed by atoms with Crippen LogP contribution in [-0.2, 0) is 30.3 Å². The lowest BCUT2D eigenvalue weighted by molar-refractivity contribution is -0.238. The van der Waals surface area contributed by atoms with Crippen molar-refractivity contribution in [3.05, 3.63) is 29.8 Å². The van der Waals surface area contributed by atoms with Crippen molar-refractivity contribution in [1.29, 1.82) is 0 Å². The first-order chi connectivity index (χ1) is 15.0. The number of hydrogen-bond acceptors (Lipinski definition) is 6. The Morgan fingerprint density at radius 3 is 2.55 bits per heavy atom. The summed E-state index contributed by atoms with van der Waals surface area (Å²) < 4.78 is 29.2. The summed E-state index contributed by atoms with van der Waals surface area (Å²) in [5.74, 6) is 0.129. The van der Waals surface area contributed by atoms with Crippen molar-refractivity contribution in [2.75, 3.05) is 38.9 Å². The van der Waals surface area contributed by atoms with Crippen molar-refractivity contribution >= 4 is 21.9 Å². The number of ether oxygens (including phenoxy) is 5. The molecule has 3 atom stereocenters. The molecule has 1 heterocycles. The van der Waals surface area contributed by atoms with Gasteiger partial charge in [-0.3, -0.25) is 4.79 Å². The zero-order valence-corrected chi connectivity index (χ0v) is 20.4. The molecule has 1 saturated carbocycles. The summed E-state index contributed by atoms with van der Waals surface area (Å²) in [4.78, 5) is 13.0. The van der Waals surface area contributed by atoms with Crippen LogP contribution in [0.25, 0.3) is 0 Å². The SMILES string of the molecule is CCOC(=O)[C@@]1(C)CC[C@@H](CCBr)C1C1(CCOCc2ccc(OC)cc2)OCCO1. The maximum absolute atomic E-state index is 13.0. The smallest absolute Gasteiger partial charge is 0.312 e. The lowest BCUT2D eigenvalue weighted by Crippen LogP contribution is -2.51. The van der Waals surface area contributed by atoms with Gasteiger partial charge in [0.15, 0.2) is 5.79 Å². The zero-order chi connectivity index (χ0) is 22.3. The number of carbonyl (C=O) groups excluding carboxylic acids is 1. The first kappa shape index (κ1) is 24.5. The standard InChI is InChI=1S/C24H35BrO6/c1-4-29-22(26)23(2)11-9-19(10-13-25)21(23)24(30-15-16-31-24)12-14-28-17-18-5-7-20(27-3)8-6-18/h5-8,19,21H,4,9-17H2,1-3H3/t19-,21?,23-/m0/s1. The fraction of sp³-hybridized carbons (Fsp3) is 0.708. The number of alkyl halides is 1. The first-order valence-corrected chi connectivity index (χ1v) is 12.3. The maximum atomic E-state index is 13.0. The van der Waals surface area contributed by atoms with Crippen molar-refractivity contribution in [1.82, 2.24) is 0 Å². The molecule has 7 heteroatoms. The number of halogens is 1. The van der Waals surface area contributed by atoms with Crippen LogP contribution in [0.2, 0.25) is 0 Å². The molecule has 0 N–H and O–H groups in total.